The fraction of sp³-hybridized carbons (Fsp3) is 0.375. The molecule has 13 heavy (non-hydrogen) atoms. The molecule has 3 N–H and O–H groups in total. The Morgan fingerprint density at radius 2 is 2.46 bits per heavy atom. The van der Waals surface area contributed by atoms with Crippen molar-refractivity contribution in [2.24, 2.45) is 5.73 Å². The van der Waals surface area contributed by atoms with Gasteiger partial charge < -0.3 is 10.8 Å². The van der Waals surface area contributed by atoms with Gasteiger partial charge in [0.2, 0.25) is 0 Å². The highest BCUT2D eigenvalue weighted by Gasteiger charge is 2.16. The van der Waals surface area contributed by atoms with E-state index in [1.54, 1.807) is 11.3 Å². The van der Waals surface area contributed by atoms with Gasteiger partial charge in [-0.15, -0.1) is 11.3 Å². The van der Waals surface area contributed by atoms with Gasteiger partial charge in [-0.3, -0.25) is 4.79 Å². The molecule has 3 nitrogen and oxygen atoms in total. The molecule has 0 fully saturated rings. The third kappa shape index (κ3) is 2.79. The monoisotopic (exact) mass is 263 g/mol. The number of halogens is 1. The molecule has 0 bridgehead atoms. The van der Waals surface area contributed by atoms with E-state index in [9.17, 15) is 4.79 Å². The molecule has 1 aromatic heterocycles. The van der Waals surface area contributed by atoms with E-state index in [1.165, 1.54) is 0 Å². The molecule has 0 aliphatic carbocycles. The van der Waals surface area contributed by atoms with Crippen molar-refractivity contribution in [3.63, 3.8) is 0 Å². The summed E-state index contributed by atoms with van der Waals surface area (Å²) >= 11 is 4.91. The van der Waals surface area contributed by atoms with E-state index < -0.39 is 5.97 Å². The largest absolute Gasteiger partial charge is 0.481 e. The topological polar surface area (TPSA) is 63.3 Å². The number of hydrogen-bond acceptors (Lipinski definition) is 3. The molecule has 1 atom stereocenters. The van der Waals surface area contributed by atoms with E-state index in [0.717, 1.165) is 9.35 Å². The lowest BCUT2D eigenvalue weighted by Crippen LogP contribution is -2.15. The van der Waals surface area contributed by atoms with Crippen molar-refractivity contribution in [2.75, 3.05) is 6.54 Å². The van der Waals surface area contributed by atoms with Gasteiger partial charge in [0.1, 0.15) is 0 Å². The Hall–Kier alpha value is -0.390. The molecule has 1 heterocycles. The third-order valence-electron chi connectivity index (χ3n) is 1.79. The summed E-state index contributed by atoms with van der Waals surface area (Å²) in [4.78, 5) is 10.5. The second kappa shape index (κ2) is 4.74. The molecule has 5 heteroatoms. The Morgan fingerprint density at radius 1 is 1.77 bits per heavy atom. The Balaban J connectivity index is 2.78. The lowest BCUT2D eigenvalue weighted by molar-refractivity contribution is -0.137. The maximum absolute atomic E-state index is 10.5. The van der Waals surface area contributed by atoms with Crippen molar-refractivity contribution in [2.45, 2.75) is 12.3 Å². The van der Waals surface area contributed by atoms with Crippen LogP contribution in [0, 0.1) is 0 Å². The van der Waals surface area contributed by atoms with E-state index in [0.29, 0.717) is 6.54 Å². The minimum atomic E-state index is -0.812. The number of carboxylic acid groups (broad SMARTS) is 1. The molecule has 0 aromatic carbocycles. The number of carboxylic acids is 1. The standard InChI is InChI=1S/C8H10BrNO2S/c9-8-6(1-2-13-8)5(4-10)3-7(11)12/h1-2,5H,3-4,10H2,(H,11,12). The van der Waals surface area contributed by atoms with Crippen LogP contribution in [0.25, 0.3) is 0 Å². The van der Waals surface area contributed by atoms with Crippen LogP contribution in [0.4, 0.5) is 0 Å². The van der Waals surface area contributed by atoms with Gasteiger partial charge in [0.25, 0.3) is 0 Å². The van der Waals surface area contributed by atoms with Crippen LogP contribution in [-0.4, -0.2) is 17.6 Å². The van der Waals surface area contributed by atoms with Gasteiger partial charge >= 0.3 is 5.97 Å². The van der Waals surface area contributed by atoms with Crippen LogP contribution >= 0.6 is 27.3 Å². The van der Waals surface area contributed by atoms with E-state index >= 15 is 0 Å². The SMILES string of the molecule is NCC(CC(=O)O)c1ccsc1Br. The number of rotatable bonds is 4. The molecule has 1 rings (SSSR count). The minimum Gasteiger partial charge on any atom is -0.481 e. The first-order valence-corrected chi connectivity index (χ1v) is 5.47. The Bertz CT molecular complexity index is 300. The molecule has 0 radical (unpaired) electrons. The van der Waals surface area contributed by atoms with Crippen molar-refractivity contribution in [3.05, 3.63) is 20.8 Å². The molecule has 0 aliphatic rings. The lowest BCUT2D eigenvalue weighted by Gasteiger charge is -2.10. The predicted molar refractivity (Wildman–Crippen MR) is 56.1 cm³/mol. The zero-order valence-electron chi connectivity index (χ0n) is 6.87. The number of carbonyl (C=O) groups is 1. The first-order valence-electron chi connectivity index (χ1n) is 3.80. The highest BCUT2D eigenvalue weighted by Crippen LogP contribution is 2.31. The zero-order chi connectivity index (χ0) is 9.84. The van der Waals surface area contributed by atoms with Crippen LogP contribution in [0.3, 0.4) is 0 Å². The summed E-state index contributed by atoms with van der Waals surface area (Å²) in [6.07, 6.45) is 0.0891. The van der Waals surface area contributed by atoms with Gasteiger partial charge in [-0.05, 0) is 39.5 Å². The summed E-state index contributed by atoms with van der Waals surface area (Å²) in [6.45, 7) is 0.363. The molecule has 1 aromatic rings. The van der Waals surface area contributed by atoms with Crippen molar-refractivity contribution in [1.82, 2.24) is 0 Å². The summed E-state index contributed by atoms with van der Waals surface area (Å²) < 4.78 is 0.976. The smallest absolute Gasteiger partial charge is 0.304 e. The van der Waals surface area contributed by atoms with Crippen LogP contribution in [0.5, 0.6) is 0 Å². The average molecular weight is 264 g/mol. The summed E-state index contributed by atoms with van der Waals surface area (Å²) in [5.74, 6) is -0.897. The first kappa shape index (κ1) is 10.7. The minimum absolute atomic E-state index is 0.0851. The van der Waals surface area contributed by atoms with Gasteiger partial charge in [-0.25, -0.2) is 0 Å². The van der Waals surface area contributed by atoms with E-state index in [1.807, 2.05) is 11.4 Å². The molecule has 72 valence electrons. The van der Waals surface area contributed by atoms with Crippen LogP contribution < -0.4 is 5.73 Å². The second-order valence-corrected chi connectivity index (χ2v) is 4.91. The van der Waals surface area contributed by atoms with Crippen molar-refractivity contribution >= 4 is 33.2 Å². The Kier molecular flexibility index (Phi) is 3.90. The van der Waals surface area contributed by atoms with Crippen molar-refractivity contribution in [1.29, 1.82) is 0 Å². The quantitative estimate of drug-likeness (QED) is 0.874. The molecule has 0 saturated heterocycles. The third-order valence-corrected chi connectivity index (χ3v) is 3.52. The molecule has 0 spiro atoms. The maximum Gasteiger partial charge on any atom is 0.304 e. The van der Waals surface area contributed by atoms with E-state index in [2.05, 4.69) is 15.9 Å². The van der Waals surface area contributed by atoms with Crippen LogP contribution in [-0.2, 0) is 4.79 Å². The average Bonchev–Trinajstić information content (AvgIpc) is 2.47. The van der Waals surface area contributed by atoms with Crippen LogP contribution in [0.2, 0.25) is 0 Å². The van der Waals surface area contributed by atoms with Crippen molar-refractivity contribution < 1.29 is 9.90 Å². The fourth-order valence-electron chi connectivity index (χ4n) is 1.13. The summed E-state index contributed by atoms with van der Waals surface area (Å²) in [7, 11) is 0. The number of nitrogens with two attached hydrogens (primary N) is 1. The predicted octanol–water partition coefficient (Wildman–Crippen LogP) is 2.03. The number of aliphatic carboxylic acids is 1. The fourth-order valence-corrected chi connectivity index (χ4v) is 2.61. The van der Waals surface area contributed by atoms with Crippen LogP contribution in [0.15, 0.2) is 15.2 Å². The molecule has 0 aliphatic heterocycles. The van der Waals surface area contributed by atoms with Gasteiger partial charge in [-0.1, -0.05) is 0 Å². The van der Waals surface area contributed by atoms with Gasteiger partial charge in [0.05, 0.1) is 10.2 Å². The second-order valence-electron chi connectivity index (χ2n) is 2.68. The normalized spacial score (nSPS) is 12.8. The highest BCUT2D eigenvalue weighted by molar-refractivity contribution is 9.11. The maximum atomic E-state index is 10.5. The zero-order valence-corrected chi connectivity index (χ0v) is 9.27. The summed E-state index contributed by atoms with van der Waals surface area (Å²) in [5.41, 5.74) is 6.50. The van der Waals surface area contributed by atoms with Gasteiger partial charge in [-0.2, -0.15) is 0 Å². The Morgan fingerprint density at radius 3 is 2.85 bits per heavy atom. The highest BCUT2D eigenvalue weighted by atomic mass is 79.9. The van der Waals surface area contributed by atoms with Gasteiger partial charge in [0.15, 0.2) is 0 Å². The summed E-state index contributed by atoms with van der Waals surface area (Å²) in [6, 6.07) is 1.91. The molecule has 0 amide bonds. The molecule has 1 unspecified atom stereocenters. The molecular formula is C8H10BrNO2S. The molecular weight excluding hydrogens is 254 g/mol. The lowest BCUT2D eigenvalue weighted by atomic mass is 9.99. The number of hydrogen-bond donors (Lipinski definition) is 2. The first-order chi connectivity index (χ1) is 6.15. The Labute approximate surface area is 88.7 Å². The number of thiophene rings is 1. The van der Waals surface area contributed by atoms with E-state index in [-0.39, 0.29) is 12.3 Å². The molecule has 0 saturated carbocycles. The summed E-state index contributed by atoms with van der Waals surface area (Å²) in [5, 5.41) is 10.6. The van der Waals surface area contributed by atoms with Crippen LogP contribution in [0.1, 0.15) is 17.9 Å². The van der Waals surface area contributed by atoms with Crippen molar-refractivity contribution in [3.8, 4) is 0 Å². The van der Waals surface area contributed by atoms with E-state index in [4.69, 9.17) is 10.8 Å². The van der Waals surface area contributed by atoms with Gasteiger partial charge in [0, 0.05) is 5.92 Å².